The molecule has 0 heterocycles. The molecule has 2 N–H and O–H groups in total. The van der Waals surface area contributed by atoms with Crippen molar-refractivity contribution in [3.8, 4) is 5.75 Å². The fourth-order valence-electron chi connectivity index (χ4n) is 2.36. The van der Waals surface area contributed by atoms with E-state index in [1.807, 2.05) is 12.2 Å². The first-order valence-corrected chi connectivity index (χ1v) is 7.34. The molecule has 0 bridgehead atoms. The molecule has 1 aliphatic rings. The number of allylic oxidation sites excluding steroid dienone is 2. The number of halogens is 1. The Balaban J connectivity index is 2.15. The fourth-order valence-corrected chi connectivity index (χ4v) is 2.84. The van der Waals surface area contributed by atoms with Crippen molar-refractivity contribution in [1.29, 1.82) is 0 Å². The Morgan fingerprint density at radius 2 is 1.90 bits per heavy atom. The van der Waals surface area contributed by atoms with Crippen LogP contribution in [0.2, 0.25) is 0 Å². The molecule has 1 aromatic rings. The first-order valence-electron chi connectivity index (χ1n) is 6.54. The Bertz CT molecular complexity index is 585. The highest BCUT2D eigenvalue weighted by Gasteiger charge is 2.33. The number of amides is 1. The van der Waals surface area contributed by atoms with Crippen molar-refractivity contribution >= 4 is 33.5 Å². The van der Waals surface area contributed by atoms with Gasteiger partial charge in [0, 0.05) is 16.2 Å². The molecule has 2 rings (SSSR count). The molecule has 1 aliphatic carbocycles. The lowest BCUT2D eigenvalue weighted by molar-refractivity contribution is -0.146. The second-order valence-corrected chi connectivity index (χ2v) is 5.78. The van der Waals surface area contributed by atoms with Crippen LogP contribution in [0.3, 0.4) is 0 Å². The maximum Gasteiger partial charge on any atom is 0.307 e. The van der Waals surface area contributed by atoms with Crippen LogP contribution < -0.4 is 10.1 Å². The van der Waals surface area contributed by atoms with Gasteiger partial charge in [-0.1, -0.05) is 28.1 Å². The average Bonchev–Trinajstić information content (AvgIpc) is 2.46. The third-order valence-corrected chi connectivity index (χ3v) is 3.92. The highest BCUT2D eigenvalue weighted by Crippen LogP contribution is 2.29. The summed E-state index contributed by atoms with van der Waals surface area (Å²) in [6, 6.07) is 5.21. The van der Waals surface area contributed by atoms with Gasteiger partial charge >= 0.3 is 5.97 Å². The number of carboxylic acid groups (broad SMARTS) is 1. The van der Waals surface area contributed by atoms with Gasteiger partial charge in [-0.3, -0.25) is 9.59 Å². The maximum atomic E-state index is 12.3. The molecule has 0 spiro atoms. The Kier molecular flexibility index (Phi) is 5.01. The smallest absolute Gasteiger partial charge is 0.307 e. The van der Waals surface area contributed by atoms with Gasteiger partial charge < -0.3 is 15.2 Å². The number of hydrogen-bond acceptors (Lipinski definition) is 3. The zero-order valence-electron chi connectivity index (χ0n) is 11.5. The van der Waals surface area contributed by atoms with Gasteiger partial charge in [-0.05, 0) is 25.0 Å². The molecule has 1 amide bonds. The molecular weight excluding hydrogens is 338 g/mol. The van der Waals surface area contributed by atoms with Crippen LogP contribution in [-0.2, 0) is 9.59 Å². The predicted molar refractivity (Wildman–Crippen MR) is 82.3 cm³/mol. The summed E-state index contributed by atoms with van der Waals surface area (Å²) in [6.07, 6.45) is 4.49. The average molecular weight is 354 g/mol. The number of aliphatic carboxylic acids is 1. The van der Waals surface area contributed by atoms with Crippen LogP contribution in [0.4, 0.5) is 5.69 Å². The number of anilines is 1. The van der Waals surface area contributed by atoms with Crippen molar-refractivity contribution in [2.24, 2.45) is 11.8 Å². The molecule has 0 aliphatic heterocycles. The van der Waals surface area contributed by atoms with Crippen LogP contribution in [0.1, 0.15) is 12.8 Å². The molecule has 5 nitrogen and oxygen atoms in total. The lowest BCUT2D eigenvalue weighted by Crippen LogP contribution is -2.34. The molecule has 112 valence electrons. The van der Waals surface area contributed by atoms with Crippen LogP contribution in [0.15, 0.2) is 34.8 Å². The predicted octanol–water partition coefficient (Wildman–Crippen LogP) is 3.06. The molecule has 2 atom stereocenters. The number of ether oxygens (including phenoxy) is 1. The van der Waals surface area contributed by atoms with Crippen molar-refractivity contribution in [2.75, 3.05) is 12.4 Å². The van der Waals surface area contributed by atoms with E-state index in [2.05, 4.69) is 21.2 Å². The zero-order chi connectivity index (χ0) is 15.4. The second-order valence-electron chi connectivity index (χ2n) is 4.86. The van der Waals surface area contributed by atoms with E-state index in [4.69, 9.17) is 4.74 Å². The van der Waals surface area contributed by atoms with Gasteiger partial charge in [-0.15, -0.1) is 0 Å². The molecule has 0 radical (unpaired) electrons. The fraction of sp³-hybridized carbons (Fsp3) is 0.333. The number of rotatable bonds is 4. The summed E-state index contributed by atoms with van der Waals surface area (Å²) in [4.78, 5) is 23.6. The van der Waals surface area contributed by atoms with Crippen molar-refractivity contribution in [3.05, 3.63) is 34.8 Å². The first-order chi connectivity index (χ1) is 10.0. The molecule has 0 aromatic heterocycles. The van der Waals surface area contributed by atoms with Gasteiger partial charge in [-0.25, -0.2) is 0 Å². The maximum absolute atomic E-state index is 12.3. The summed E-state index contributed by atoms with van der Waals surface area (Å²) in [7, 11) is 1.54. The van der Waals surface area contributed by atoms with E-state index in [9.17, 15) is 14.7 Å². The molecule has 0 fully saturated rings. The minimum atomic E-state index is -0.939. The Morgan fingerprint density at radius 1 is 1.24 bits per heavy atom. The first kappa shape index (κ1) is 15.6. The van der Waals surface area contributed by atoms with Crippen LogP contribution in [-0.4, -0.2) is 24.1 Å². The molecule has 21 heavy (non-hydrogen) atoms. The summed E-state index contributed by atoms with van der Waals surface area (Å²) < 4.78 is 5.91. The SMILES string of the molecule is COc1cc(Br)cc(NC(=O)[C@@H]2CC=CC[C@@H]2C(=O)O)c1. The molecular formula is C15H16BrNO4. The van der Waals surface area contributed by atoms with Gasteiger partial charge in [-0.2, -0.15) is 0 Å². The van der Waals surface area contributed by atoms with E-state index >= 15 is 0 Å². The second kappa shape index (κ2) is 6.76. The summed E-state index contributed by atoms with van der Waals surface area (Å²) in [5.41, 5.74) is 0.574. The molecule has 0 unspecified atom stereocenters. The van der Waals surface area contributed by atoms with E-state index in [1.54, 1.807) is 25.3 Å². The number of nitrogens with one attached hydrogen (secondary N) is 1. The van der Waals surface area contributed by atoms with E-state index in [0.29, 0.717) is 24.3 Å². The van der Waals surface area contributed by atoms with Crippen LogP contribution in [0, 0.1) is 11.8 Å². The van der Waals surface area contributed by atoms with Gasteiger partial charge in [0.05, 0.1) is 18.9 Å². The molecule has 0 saturated heterocycles. The van der Waals surface area contributed by atoms with Gasteiger partial charge in [0.25, 0.3) is 0 Å². The molecule has 1 aromatic carbocycles. The normalized spacial score (nSPS) is 20.9. The minimum Gasteiger partial charge on any atom is -0.497 e. The Morgan fingerprint density at radius 3 is 2.52 bits per heavy atom. The van der Waals surface area contributed by atoms with Crippen molar-refractivity contribution in [2.45, 2.75) is 12.8 Å². The summed E-state index contributed by atoms with van der Waals surface area (Å²) in [5, 5.41) is 12.0. The minimum absolute atomic E-state index is 0.285. The Labute approximate surface area is 131 Å². The third kappa shape index (κ3) is 3.85. The zero-order valence-corrected chi connectivity index (χ0v) is 13.1. The Hall–Kier alpha value is -1.82. The van der Waals surface area contributed by atoms with Crippen molar-refractivity contribution in [1.82, 2.24) is 0 Å². The van der Waals surface area contributed by atoms with Gasteiger partial charge in [0.2, 0.25) is 5.91 Å². The molecule has 0 saturated carbocycles. The number of hydrogen-bond donors (Lipinski definition) is 2. The number of benzene rings is 1. The standard InChI is InChI=1S/C15H16BrNO4/c1-21-11-7-9(16)6-10(8-11)17-14(18)12-4-2-3-5-13(12)15(19)20/h2-3,6-8,12-13H,4-5H2,1H3,(H,17,18)(H,19,20)/t12-,13+/m1/s1. The quantitative estimate of drug-likeness (QED) is 0.815. The monoisotopic (exact) mass is 353 g/mol. The largest absolute Gasteiger partial charge is 0.497 e. The lowest BCUT2D eigenvalue weighted by Gasteiger charge is -2.24. The highest BCUT2D eigenvalue weighted by molar-refractivity contribution is 9.10. The van der Waals surface area contributed by atoms with Crippen LogP contribution >= 0.6 is 15.9 Å². The van der Waals surface area contributed by atoms with E-state index in [-0.39, 0.29) is 5.91 Å². The van der Waals surface area contributed by atoms with Gasteiger partial charge in [0.15, 0.2) is 0 Å². The summed E-state index contributed by atoms with van der Waals surface area (Å²) >= 11 is 3.34. The number of carbonyl (C=O) groups is 2. The molecule has 6 heteroatoms. The lowest BCUT2D eigenvalue weighted by atomic mass is 9.82. The van der Waals surface area contributed by atoms with Crippen LogP contribution in [0.5, 0.6) is 5.75 Å². The number of carboxylic acids is 1. The van der Waals surface area contributed by atoms with Crippen molar-refractivity contribution in [3.63, 3.8) is 0 Å². The van der Waals surface area contributed by atoms with E-state index in [1.165, 1.54) is 0 Å². The van der Waals surface area contributed by atoms with E-state index < -0.39 is 17.8 Å². The van der Waals surface area contributed by atoms with Crippen LogP contribution in [0.25, 0.3) is 0 Å². The van der Waals surface area contributed by atoms with Gasteiger partial charge in [0.1, 0.15) is 5.75 Å². The summed E-state index contributed by atoms with van der Waals surface area (Å²) in [6.45, 7) is 0. The highest BCUT2D eigenvalue weighted by atomic mass is 79.9. The number of carbonyl (C=O) groups excluding carboxylic acids is 1. The topological polar surface area (TPSA) is 75.6 Å². The van der Waals surface area contributed by atoms with Crippen molar-refractivity contribution < 1.29 is 19.4 Å². The number of methoxy groups -OCH3 is 1. The summed E-state index contributed by atoms with van der Waals surface area (Å²) in [5.74, 6) is -1.85. The third-order valence-electron chi connectivity index (χ3n) is 3.46. The van der Waals surface area contributed by atoms with E-state index in [0.717, 1.165) is 4.47 Å².